The normalized spacial score (nSPS) is 23.4. The van der Waals surface area contributed by atoms with Crippen LogP contribution in [0.2, 0.25) is 5.02 Å². The number of hydrogen-bond donors (Lipinski definition) is 2. The fraction of sp³-hybridized carbons (Fsp3) is 0.269. The van der Waals surface area contributed by atoms with Crippen LogP contribution >= 0.6 is 11.6 Å². The molecule has 0 unspecified atom stereocenters. The molecule has 2 heterocycles. The topological polar surface area (TPSA) is 99.2 Å². The molecule has 6 nitrogen and oxygen atoms in total. The average molecular weight is 459 g/mol. The second-order valence-electron chi connectivity index (χ2n) is 9.60. The number of rotatable bonds is 1. The quantitative estimate of drug-likeness (QED) is 0.645. The molecule has 2 aromatic carbocycles. The van der Waals surface area contributed by atoms with Crippen LogP contribution in [0, 0.1) is 23.7 Å². The van der Waals surface area contributed by atoms with Gasteiger partial charge in [0.25, 0.3) is 0 Å². The Hall–Kier alpha value is -3.56. The number of nitrogens with zero attached hydrogens (tertiary/aromatic N) is 2. The fourth-order valence-corrected chi connectivity index (χ4v) is 5.66. The van der Waals surface area contributed by atoms with Gasteiger partial charge in [-0.05, 0) is 42.5 Å². The minimum Gasteiger partial charge on any atom is -0.384 e. The Morgan fingerprint density at radius 3 is 2.58 bits per heavy atom. The van der Waals surface area contributed by atoms with Gasteiger partial charge in [0.2, 0.25) is 5.91 Å². The molecule has 1 amide bonds. The van der Waals surface area contributed by atoms with Crippen LogP contribution in [0.25, 0.3) is 0 Å². The van der Waals surface area contributed by atoms with Gasteiger partial charge in [0.1, 0.15) is 17.3 Å². The smallest absolute Gasteiger partial charge is 0.245 e. The average Bonchev–Trinajstić information content (AvgIpc) is 3.02. The van der Waals surface area contributed by atoms with E-state index in [0.29, 0.717) is 39.7 Å². The summed E-state index contributed by atoms with van der Waals surface area (Å²) in [5.74, 6) is -0.441. The maximum atomic E-state index is 13.8. The maximum Gasteiger partial charge on any atom is 0.245 e. The molecule has 0 fully saturated rings. The largest absolute Gasteiger partial charge is 0.384 e. The summed E-state index contributed by atoms with van der Waals surface area (Å²) in [6.45, 7) is 5.91. The Labute approximate surface area is 197 Å². The van der Waals surface area contributed by atoms with Crippen LogP contribution in [-0.2, 0) is 15.0 Å². The molecule has 2 aliphatic heterocycles. The molecule has 1 spiro atoms. The molecule has 3 N–H and O–H groups in total. The zero-order valence-corrected chi connectivity index (χ0v) is 19.4. The highest BCUT2D eigenvalue weighted by Crippen LogP contribution is 2.57. The van der Waals surface area contributed by atoms with Crippen LogP contribution in [0.1, 0.15) is 37.8 Å². The van der Waals surface area contributed by atoms with Gasteiger partial charge in [-0.15, -0.1) is 0 Å². The molecule has 0 radical (unpaired) electrons. The third-order valence-corrected chi connectivity index (χ3v) is 7.29. The SMILES string of the molecule is Cc1c(Cl)cccc1N1C(N)=C(C#N)[C@@]2(C(=O)Nc3ccccc32)C2=C1CC(C)(C)CC2=O. The van der Waals surface area contributed by atoms with E-state index in [1.165, 1.54) is 0 Å². The van der Waals surface area contributed by atoms with Crippen molar-refractivity contribution in [3.8, 4) is 6.07 Å². The highest BCUT2D eigenvalue weighted by atomic mass is 35.5. The summed E-state index contributed by atoms with van der Waals surface area (Å²) in [6.07, 6.45) is 0.778. The van der Waals surface area contributed by atoms with Crippen LogP contribution in [0.4, 0.5) is 11.4 Å². The highest BCUT2D eigenvalue weighted by Gasteiger charge is 2.61. The molecule has 2 aromatic rings. The number of para-hydroxylation sites is 1. The molecule has 1 atom stereocenters. The minimum absolute atomic E-state index is 0.0520. The highest BCUT2D eigenvalue weighted by molar-refractivity contribution is 6.31. The van der Waals surface area contributed by atoms with E-state index in [4.69, 9.17) is 17.3 Å². The number of anilines is 2. The lowest BCUT2D eigenvalue weighted by Gasteiger charge is -2.47. The van der Waals surface area contributed by atoms with Crippen molar-refractivity contribution >= 4 is 34.7 Å². The number of fused-ring (bicyclic) bond motifs is 3. The van der Waals surface area contributed by atoms with Crippen molar-refractivity contribution < 1.29 is 9.59 Å². The number of Topliss-reactive ketones (excluding diaryl/α,β-unsaturated/α-hetero) is 1. The van der Waals surface area contributed by atoms with E-state index in [0.717, 1.165) is 5.56 Å². The predicted octanol–water partition coefficient (Wildman–Crippen LogP) is 4.70. The van der Waals surface area contributed by atoms with Gasteiger partial charge in [0, 0.05) is 34.0 Å². The standard InChI is InChI=1S/C26H23ClN4O2/c1-14-17(27)8-6-10-19(14)31-20-11-25(2,3)12-21(32)22(20)26(16(13-28)23(31)29)15-7-4-5-9-18(15)30-24(26)33/h4-10H,11-12,29H2,1-3H3,(H,30,33)/t26-/m1/s1. The van der Waals surface area contributed by atoms with Crippen LogP contribution < -0.4 is 16.0 Å². The van der Waals surface area contributed by atoms with Crippen molar-refractivity contribution in [3.05, 3.63) is 81.3 Å². The third kappa shape index (κ3) is 2.72. The van der Waals surface area contributed by atoms with Crippen molar-refractivity contribution in [3.63, 3.8) is 0 Å². The predicted molar refractivity (Wildman–Crippen MR) is 127 cm³/mol. The Morgan fingerprint density at radius 1 is 1.12 bits per heavy atom. The van der Waals surface area contributed by atoms with Crippen molar-refractivity contribution in [1.29, 1.82) is 5.26 Å². The first-order valence-electron chi connectivity index (χ1n) is 10.8. The molecule has 1 aliphatic carbocycles. The third-order valence-electron chi connectivity index (χ3n) is 6.88. The second kappa shape index (κ2) is 6.97. The van der Waals surface area contributed by atoms with Gasteiger partial charge in [0.05, 0.1) is 11.3 Å². The number of amides is 1. The number of benzene rings is 2. The molecule has 166 valence electrons. The summed E-state index contributed by atoms with van der Waals surface area (Å²) in [6, 6.07) is 14.8. The summed E-state index contributed by atoms with van der Waals surface area (Å²) < 4.78 is 0. The van der Waals surface area contributed by atoms with E-state index < -0.39 is 11.3 Å². The van der Waals surface area contributed by atoms with E-state index in [9.17, 15) is 14.9 Å². The van der Waals surface area contributed by atoms with Gasteiger partial charge in [-0.1, -0.05) is 49.7 Å². The monoisotopic (exact) mass is 458 g/mol. The first-order chi connectivity index (χ1) is 15.6. The fourth-order valence-electron chi connectivity index (χ4n) is 5.49. The molecule has 33 heavy (non-hydrogen) atoms. The van der Waals surface area contributed by atoms with Crippen LogP contribution in [-0.4, -0.2) is 11.7 Å². The van der Waals surface area contributed by atoms with Crippen LogP contribution in [0.15, 0.2) is 65.1 Å². The Kier molecular flexibility index (Phi) is 4.50. The van der Waals surface area contributed by atoms with E-state index in [1.807, 2.05) is 39.0 Å². The lowest BCUT2D eigenvalue weighted by Crippen LogP contribution is -2.52. The zero-order chi connectivity index (χ0) is 23.7. The number of nitriles is 1. The molecule has 5 rings (SSSR count). The lowest BCUT2D eigenvalue weighted by molar-refractivity contribution is -0.123. The molecule has 0 saturated carbocycles. The lowest BCUT2D eigenvalue weighted by atomic mass is 9.60. The number of nitrogens with one attached hydrogen (secondary N) is 1. The Bertz CT molecular complexity index is 1360. The van der Waals surface area contributed by atoms with Gasteiger partial charge in [-0.3, -0.25) is 14.5 Å². The Morgan fingerprint density at radius 2 is 1.85 bits per heavy atom. The van der Waals surface area contributed by atoms with Crippen LogP contribution in [0.5, 0.6) is 0 Å². The molecular weight excluding hydrogens is 436 g/mol. The summed E-state index contributed by atoms with van der Waals surface area (Å²) in [7, 11) is 0. The number of ketones is 1. The summed E-state index contributed by atoms with van der Waals surface area (Å²) in [5, 5.41) is 13.8. The number of carbonyl (C=O) groups is 2. The summed E-state index contributed by atoms with van der Waals surface area (Å²) in [4.78, 5) is 29.2. The van der Waals surface area contributed by atoms with Gasteiger partial charge in [0.15, 0.2) is 5.78 Å². The molecule has 0 saturated heterocycles. The summed E-state index contributed by atoms with van der Waals surface area (Å²) >= 11 is 6.43. The van der Waals surface area contributed by atoms with Gasteiger partial charge in [-0.25, -0.2) is 0 Å². The first kappa shape index (κ1) is 21.3. The number of halogens is 1. The molecule has 0 aromatic heterocycles. The summed E-state index contributed by atoms with van der Waals surface area (Å²) in [5.41, 5.74) is 8.45. The van der Waals surface area contributed by atoms with Crippen molar-refractivity contribution in [2.24, 2.45) is 11.1 Å². The van der Waals surface area contributed by atoms with Crippen LogP contribution in [0.3, 0.4) is 0 Å². The molecule has 7 heteroatoms. The minimum atomic E-state index is -1.57. The van der Waals surface area contributed by atoms with Gasteiger partial charge in [-0.2, -0.15) is 5.26 Å². The number of nitrogens with two attached hydrogens (primary N) is 1. The van der Waals surface area contributed by atoms with E-state index >= 15 is 0 Å². The van der Waals surface area contributed by atoms with Crippen molar-refractivity contribution in [2.75, 3.05) is 10.2 Å². The second-order valence-corrected chi connectivity index (χ2v) is 10.0. The molecular formula is C26H23ClN4O2. The van der Waals surface area contributed by atoms with Crippen molar-refractivity contribution in [2.45, 2.75) is 39.0 Å². The van der Waals surface area contributed by atoms with Gasteiger partial charge >= 0.3 is 0 Å². The maximum absolute atomic E-state index is 13.8. The number of hydrogen-bond acceptors (Lipinski definition) is 5. The van der Waals surface area contributed by atoms with E-state index in [-0.39, 0.29) is 29.0 Å². The van der Waals surface area contributed by atoms with Crippen molar-refractivity contribution in [1.82, 2.24) is 0 Å². The Balaban J connectivity index is 1.92. The number of allylic oxidation sites excluding steroid dienone is 1. The molecule has 3 aliphatic rings. The van der Waals surface area contributed by atoms with Gasteiger partial charge < -0.3 is 11.1 Å². The zero-order valence-electron chi connectivity index (χ0n) is 18.6. The first-order valence-corrected chi connectivity index (χ1v) is 11.1. The van der Waals surface area contributed by atoms with E-state index in [1.54, 1.807) is 29.2 Å². The molecule has 0 bridgehead atoms. The number of carbonyl (C=O) groups excluding carboxylic acids is 2. The van der Waals surface area contributed by atoms with E-state index in [2.05, 4.69) is 11.4 Å².